The zero-order valence-corrected chi connectivity index (χ0v) is 16.9. The van der Waals surface area contributed by atoms with E-state index >= 15 is 0 Å². The van der Waals surface area contributed by atoms with Crippen LogP contribution in [0.25, 0.3) is 0 Å². The predicted molar refractivity (Wildman–Crippen MR) is 107 cm³/mol. The molecule has 0 radical (unpaired) electrons. The molecular formula is C21H25N3O6. The van der Waals surface area contributed by atoms with E-state index in [0.717, 1.165) is 17.7 Å². The summed E-state index contributed by atoms with van der Waals surface area (Å²) in [6, 6.07) is 3.59. The first kappa shape index (κ1) is 21.6. The number of fused-ring (bicyclic) bond motifs is 1. The monoisotopic (exact) mass is 415 g/mol. The van der Waals surface area contributed by atoms with Gasteiger partial charge in [-0.3, -0.25) is 34.2 Å². The summed E-state index contributed by atoms with van der Waals surface area (Å²) in [6.07, 6.45) is 2.82. The Morgan fingerprint density at radius 2 is 1.97 bits per heavy atom. The van der Waals surface area contributed by atoms with Crippen molar-refractivity contribution in [2.75, 3.05) is 18.5 Å². The molecule has 3 rings (SSSR count). The lowest BCUT2D eigenvalue weighted by atomic mass is 10.0. The molecule has 160 valence electrons. The van der Waals surface area contributed by atoms with Crippen LogP contribution < -0.4 is 10.6 Å². The van der Waals surface area contributed by atoms with E-state index in [4.69, 9.17) is 4.74 Å². The summed E-state index contributed by atoms with van der Waals surface area (Å²) in [6.45, 7) is 3.26. The lowest BCUT2D eigenvalue weighted by Crippen LogP contribution is -2.54. The van der Waals surface area contributed by atoms with Gasteiger partial charge >= 0.3 is 0 Å². The standard InChI is InChI=1S/C21H25N3O6/c1-2-30-12-5-3-4-9-16(25)22-14-8-6-7-13-18(14)21(29)24(20(13)28)15-10-11-17(26)23-19(15)27/h6-8,15H,2-5,9-12H2,1H3,(H,22,25)(H,23,26,27). The number of ether oxygens (including phenoxy) is 1. The first-order valence-corrected chi connectivity index (χ1v) is 10.2. The number of hydrogen-bond acceptors (Lipinski definition) is 6. The van der Waals surface area contributed by atoms with Gasteiger partial charge in [0.15, 0.2) is 0 Å². The summed E-state index contributed by atoms with van der Waals surface area (Å²) in [5.74, 6) is -2.59. The number of nitrogens with zero attached hydrogens (tertiary/aromatic N) is 1. The molecule has 5 amide bonds. The van der Waals surface area contributed by atoms with Gasteiger partial charge in [0.25, 0.3) is 11.8 Å². The SMILES string of the molecule is CCOCCCCCC(=O)Nc1cccc2c1C(=O)N(C1CCC(=O)NC1=O)C2=O. The predicted octanol–water partition coefficient (Wildman–Crippen LogP) is 1.62. The molecule has 1 unspecified atom stereocenters. The van der Waals surface area contributed by atoms with E-state index in [1.807, 2.05) is 6.92 Å². The number of nitrogens with one attached hydrogen (secondary N) is 2. The Kier molecular flexibility index (Phi) is 6.94. The zero-order valence-electron chi connectivity index (χ0n) is 16.9. The van der Waals surface area contributed by atoms with Gasteiger partial charge in [0.05, 0.1) is 16.8 Å². The van der Waals surface area contributed by atoms with E-state index in [1.165, 1.54) is 6.07 Å². The van der Waals surface area contributed by atoms with Gasteiger partial charge in [0.1, 0.15) is 6.04 Å². The topological polar surface area (TPSA) is 122 Å². The van der Waals surface area contributed by atoms with Gasteiger partial charge in [-0.15, -0.1) is 0 Å². The number of amides is 5. The fourth-order valence-corrected chi connectivity index (χ4v) is 3.64. The molecule has 1 fully saturated rings. The molecule has 0 aliphatic carbocycles. The van der Waals surface area contributed by atoms with Crippen LogP contribution in [0.4, 0.5) is 5.69 Å². The highest BCUT2D eigenvalue weighted by molar-refractivity contribution is 6.26. The van der Waals surface area contributed by atoms with Gasteiger partial charge in [0, 0.05) is 26.1 Å². The molecule has 0 aromatic heterocycles. The first-order valence-electron chi connectivity index (χ1n) is 10.2. The van der Waals surface area contributed by atoms with Crippen LogP contribution in [0.15, 0.2) is 18.2 Å². The molecule has 0 spiro atoms. The van der Waals surface area contributed by atoms with Crippen molar-refractivity contribution < 1.29 is 28.7 Å². The largest absolute Gasteiger partial charge is 0.382 e. The van der Waals surface area contributed by atoms with Crippen molar-refractivity contribution in [2.45, 2.75) is 51.5 Å². The number of hydrogen-bond donors (Lipinski definition) is 2. The van der Waals surface area contributed by atoms with E-state index in [-0.39, 0.29) is 42.0 Å². The normalized spacial score (nSPS) is 18.4. The summed E-state index contributed by atoms with van der Waals surface area (Å²) in [4.78, 5) is 62.5. The molecule has 30 heavy (non-hydrogen) atoms. The smallest absolute Gasteiger partial charge is 0.264 e. The minimum absolute atomic E-state index is 0.0523. The molecule has 1 atom stereocenters. The van der Waals surface area contributed by atoms with Crippen molar-refractivity contribution in [1.29, 1.82) is 0 Å². The van der Waals surface area contributed by atoms with E-state index in [0.29, 0.717) is 19.6 Å². The van der Waals surface area contributed by atoms with E-state index in [2.05, 4.69) is 10.6 Å². The van der Waals surface area contributed by atoms with Crippen LogP contribution in [0, 0.1) is 0 Å². The second-order valence-corrected chi connectivity index (χ2v) is 7.23. The van der Waals surface area contributed by atoms with Gasteiger partial charge in [0.2, 0.25) is 17.7 Å². The van der Waals surface area contributed by atoms with Crippen LogP contribution in [0.2, 0.25) is 0 Å². The number of piperidine rings is 1. The molecule has 1 saturated heterocycles. The average molecular weight is 415 g/mol. The Balaban J connectivity index is 1.67. The van der Waals surface area contributed by atoms with Crippen molar-refractivity contribution in [2.24, 2.45) is 0 Å². The van der Waals surface area contributed by atoms with Crippen LogP contribution in [-0.2, 0) is 19.1 Å². The molecule has 1 aromatic carbocycles. The van der Waals surface area contributed by atoms with Gasteiger partial charge in [-0.2, -0.15) is 0 Å². The summed E-state index contributed by atoms with van der Waals surface area (Å²) in [5, 5.41) is 4.87. The van der Waals surface area contributed by atoms with Crippen LogP contribution >= 0.6 is 0 Å². The van der Waals surface area contributed by atoms with E-state index in [1.54, 1.807) is 12.1 Å². The van der Waals surface area contributed by atoms with E-state index < -0.39 is 29.7 Å². The van der Waals surface area contributed by atoms with Gasteiger partial charge in [-0.25, -0.2) is 0 Å². The maximum atomic E-state index is 13.0. The summed E-state index contributed by atoms with van der Waals surface area (Å²) >= 11 is 0. The molecule has 0 bridgehead atoms. The molecule has 0 saturated carbocycles. The number of carbonyl (C=O) groups is 5. The Labute approximate surface area is 174 Å². The highest BCUT2D eigenvalue weighted by Gasteiger charge is 2.45. The van der Waals surface area contributed by atoms with Gasteiger partial charge in [-0.05, 0) is 38.3 Å². The highest BCUT2D eigenvalue weighted by atomic mass is 16.5. The maximum Gasteiger partial charge on any atom is 0.264 e. The van der Waals surface area contributed by atoms with E-state index in [9.17, 15) is 24.0 Å². The van der Waals surface area contributed by atoms with Crippen LogP contribution in [0.1, 0.15) is 66.2 Å². The molecule has 2 aliphatic rings. The average Bonchev–Trinajstić information content (AvgIpc) is 2.96. The van der Waals surface area contributed by atoms with Crippen molar-refractivity contribution in [3.63, 3.8) is 0 Å². The number of rotatable bonds is 9. The fraction of sp³-hybridized carbons (Fsp3) is 0.476. The first-order chi connectivity index (χ1) is 14.4. The molecule has 9 nitrogen and oxygen atoms in total. The number of carbonyl (C=O) groups excluding carboxylic acids is 5. The third kappa shape index (κ3) is 4.56. The summed E-state index contributed by atoms with van der Waals surface area (Å²) in [7, 11) is 0. The van der Waals surface area contributed by atoms with Crippen molar-refractivity contribution >= 4 is 35.2 Å². The van der Waals surface area contributed by atoms with Crippen molar-refractivity contribution in [3.05, 3.63) is 29.3 Å². The van der Waals surface area contributed by atoms with Gasteiger partial charge in [-0.1, -0.05) is 12.5 Å². The third-order valence-corrected chi connectivity index (χ3v) is 5.14. The van der Waals surface area contributed by atoms with Crippen LogP contribution in [0.5, 0.6) is 0 Å². The summed E-state index contributed by atoms with van der Waals surface area (Å²) < 4.78 is 5.26. The Morgan fingerprint density at radius 3 is 2.70 bits per heavy atom. The molecule has 9 heteroatoms. The number of unbranched alkanes of at least 4 members (excludes halogenated alkanes) is 2. The van der Waals surface area contributed by atoms with Crippen molar-refractivity contribution in [1.82, 2.24) is 10.2 Å². The molecule has 1 aromatic rings. The second-order valence-electron chi connectivity index (χ2n) is 7.23. The van der Waals surface area contributed by atoms with Crippen molar-refractivity contribution in [3.8, 4) is 0 Å². The third-order valence-electron chi connectivity index (χ3n) is 5.14. The Morgan fingerprint density at radius 1 is 1.17 bits per heavy atom. The minimum Gasteiger partial charge on any atom is -0.382 e. The van der Waals surface area contributed by atoms with Gasteiger partial charge < -0.3 is 10.1 Å². The maximum absolute atomic E-state index is 13.0. The quantitative estimate of drug-likeness (QED) is 0.467. The highest BCUT2D eigenvalue weighted by Crippen LogP contribution is 2.32. The lowest BCUT2D eigenvalue weighted by molar-refractivity contribution is -0.136. The molecular weight excluding hydrogens is 390 g/mol. The summed E-state index contributed by atoms with van der Waals surface area (Å²) in [5.41, 5.74) is 0.469. The lowest BCUT2D eigenvalue weighted by Gasteiger charge is -2.27. The second kappa shape index (κ2) is 9.62. The van der Waals surface area contributed by atoms with Crippen LogP contribution in [0.3, 0.4) is 0 Å². The zero-order chi connectivity index (χ0) is 21.7. The number of anilines is 1. The molecule has 2 aliphatic heterocycles. The number of benzene rings is 1. The minimum atomic E-state index is -1.04. The molecule has 2 N–H and O–H groups in total. The Bertz CT molecular complexity index is 881. The number of imide groups is 2. The van der Waals surface area contributed by atoms with Crippen LogP contribution in [-0.4, -0.2) is 53.7 Å². The molecule has 2 heterocycles. The fourth-order valence-electron chi connectivity index (χ4n) is 3.64. The Hall–Kier alpha value is -3.07.